The van der Waals surface area contributed by atoms with E-state index in [2.05, 4.69) is 27.4 Å². The molecule has 8 nitrogen and oxygen atoms in total. The molecule has 0 radical (unpaired) electrons. The summed E-state index contributed by atoms with van der Waals surface area (Å²) in [6.07, 6.45) is 5.57. The van der Waals surface area contributed by atoms with Crippen molar-refractivity contribution in [3.05, 3.63) is 0 Å². The number of piperazine rings is 1. The molecule has 0 aromatic rings. The maximum absolute atomic E-state index is 12.9. The zero-order chi connectivity index (χ0) is 19.4. The molecule has 0 bridgehead atoms. The minimum atomic E-state index is -0.648. The second-order valence-corrected chi connectivity index (χ2v) is 8.22. The molecule has 2 aliphatic heterocycles. The molecule has 27 heavy (non-hydrogen) atoms. The predicted octanol–water partition coefficient (Wildman–Crippen LogP) is 0.731. The van der Waals surface area contributed by atoms with Crippen LogP contribution in [-0.4, -0.2) is 83.5 Å². The zero-order valence-corrected chi connectivity index (χ0v) is 16.6. The highest BCUT2D eigenvalue weighted by Gasteiger charge is 2.51. The third-order valence-electron chi connectivity index (χ3n) is 6.15. The van der Waals surface area contributed by atoms with Crippen LogP contribution in [0.2, 0.25) is 0 Å². The largest absolute Gasteiger partial charge is 0.353 e. The highest BCUT2D eigenvalue weighted by Crippen LogP contribution is 2.33. The van der Waals surface area contributed by atoms with Crippen LogP contribution in [0, 0.1) is 0 Å². The van der Waals surface area contributed by atoms with Crippen LogP contribution in [0.3, 0.4) is 0 Å². The maximum Gasteiger partial charge on any atom is 0.326 e. The van der Waals surface area contributed by atoms with Gasteiger partial charge >= 0.3 is 6.03 Å². The lowest BCUT2D eigenvalue weighted by atomic mass is 9.82. The van der Waals surface area contributed by atoms with Gasteiger partial charge in [-0.15, -0.1) is 0 Å². The number of rotatable bonds is 6. The SMILES string of the molecule is CC[C@@H](C)NC(=O)CN1CCN(CN2C(=O)NC3(CCCCC3)C2=O)CC1. The average Bonchev–Trinajstić information content (AvgIpc) is 2.87. The second kappa shape index (κ2) is 8.56. The molecule has 2 heterocycles. The Hall–Kier alpha value is -1.67. The smallest absolute Gasteiger partial charge is 0.326 e. The van der Waals surface area contributed by atoms with Crippen LogP contribution in [-0.2, 0) is 9.59 Å². The van der Waals surface area contributed by atoms with Gasteiger partial charge in [0.2, 0.25) is 5.91 Å². The van der Waals surface area contributed by atoms with Crippen molar-refractivity contribution in [2.75, 3.05) is 39.4 Å². The molecule has 1 atom stereocenters. The van der Waals surface area contributed by atoms with E-state index >= 15 is 0 Å². The van der Waals surface area contributed by atoms with E-state index in [-0.39, 0.29) is 23.9 Å². The number of nitrogens with one attached hydrogen (secondary N) is 2. The Labute approximate surface area is 161 Å². The maximum atomic E-state index is 12.9. The molecule has 1 saturated carbocycles. The van der Waals surface area contributed by atoms with Crippen LogP contribution in [0.15, 0.2) is 0 Å². The van der Waals surface area contributed by atoms with Gasteiger partial charge in [-0.1, -0.05) is 26.2 Å². The fourth-order valence-corrected chi connectivity index (χ4v) is 4.21. The molecule has 0 aromatic heterocycles. The van der Waals surface area contributed by atoms with E-state index in [1.54, 1.807) is 0 Å². The number of nitrogens with zero attached hydrogens (tertiary/aromatic N) is 3. The highest BCUT2D eigenvalue weighted by atomic mass is 16.2. The molecule has 2 N–H and O–H groups in total. The first kappa shape index (κ1) is 20.1. The molecule has 0 aromatic carbocycles. The van der Waals surface area contributed by atoms with Crippen molar-refractivity contribution in [2.45, 2.75) is 64.0 Å². The van der Waals surface area contributed by atoms with Crippen molar-refractivity contribution in [3.63, 3.8) is 0 Å². The average molecular weight is 380 g/mol. The van der Waals surface area contributed by atoms with E-state index in [1.807, 2.05) is 6.92 Å². The van der Waals surface area contributed by atoms with Crippen LogP contribution in [0.1, 0.15) is 52.4 Å². The molecule has 3 rings (SSSR count). The van der Waals surface area contributed by atoms with Crippen molar-refractivity contribution < 1.29 is 14.4 Å². The molecule has 2 saturated heterocycles. The van der Waals surface area contributed by atoms with Gasteiger partial charge in [0.1, 0.15) is 5.54 Å². The monoisotopic (exact) mass is 379 g/mol. The van der Waals surface area contributed by atoms with Crippen molar-refractivity contribution in [3.8, 4) is 0 Å². The van der Waals surface area contributed by atoms with Crippen LogP contribution in [0.5, 0.6) is 0 Å². The third kappa shape index (κ3) is 4.60. The van der Waals surface area contributed by atoms with Gasteiger partial charge in [-0.3, -0.25) is 19.4 Å². The quantitative estimate of drug-likeness (QED) is 0.665. The Balaban J connectivity index is 1.46. The predicted molar refractivity (Wildman–Crippen MR) is 102 cm³/mol. The van der Waals surface area contributed by atoms with Gasteiger partial charge in [0.15, 0.2) is 0 Å². The molecule has 8 heteroatoms. The minimum absolute atomic E-state index is 0.0532. The Morgan fingerprint density at radius 3 is 2.37 bits per heavy atom. The molecule has 1 spiro atoms. The summed E-state index contributed by atoms with van der Waals surface area (Å²) in [4.78, 5) is 42.9. The number of carbonyl (C=O) groups excluding carboxylic acids is 3. The summed E-state index contributed by atoms with van der Waals surface area (Å²) in [6.45, 7) is 7.85. The first-order chi connectivity index (χ1) is 12.9. The van der Waals surface area contributed by atoms with Crippen molar-refractivity contribution in [2.24, 2.45) is 0 Å². The summed E-state index contributed by atoms with van der Waals surface area (Å²) in [6, 6.07) is -0.0529. The molecule has 4 amide bonds. The van der Waals surface area contributed by atoms with Crippen molar-refractivity contribution in [1.29, 1.82) is 0 Å². The lowest BCUT2D eigenvalue weighted by Crippen LogP contribution is -2.54. The second-order valence-electron chi connectivity index (χ2n) is 8.22. The number of amides is 4. The lowest BCUT2D eigenvalue weighted by molar-refractivity contribution is -0.134. The van der Waals surface area contributed by atoms with Gasteiger partial charge in [0.25, 0.3) is 5.91 Å². The van der Waals surface area contributed by atoms with E-state index in [4.69, 9.17) is 0 Å². The summed E-state index contributed by atoms with van der Waals surface area (Å²) < 4.78 is 0. The molecule has 0 unspecified atom stereocenters. The first-order valence-electron chi connectivity index (χ1n) is 10.3. The van der Waals surface area contributed by atoms with E-state index in [9.17, 15) is 14.4 Å². The highest BCUT2D eigenvalue weighted by molar-refractivity contribution is 6.07. The van der Waals surface area contributed by atoms with Crippen LogP contribution in [0.4, 0.5) is 4.79 Å². The Morgan fingerprint density at radius 1 is 1.11 bits per heavy atom. The normalized spacial score (nSPS) is 24.9. The lowest BCUT2D eigenvalue weighted by Gasteiger charge is -2.36. The summed E-state index contributed by atoms with van der Waals surface area (Å²) >= 11 is 0. The molecular weight excluding hydrogens is 346 g/mol. The van der Waals surface area contributed by atoms with Crippen LogP contribution < -0.4 is 10.6 Å². The standard InChI is InChI=1S/C19H33N5O3/c1-3-15(2)20-16(25)13-22-9-11-23(12-10-22)14-24-17(26)19(21-18(24)27)7-5-4-6-8-19/h15H,3-14H2,1-2H3,(H,20,25)(H,21,27)/t15-/m1/s1. The van der Waals surface area contributed by atoms with Gasteiger partial charge in [-0.25, -0.2) is 9.69 Å². The van der Waals surface area contributed by atoms with E-state index in [0.29, 0.717) is 13.2 Å². The first-order valence-corrected chi connectivity index (χ1v) is 10.3. The molecular formula is C19H33N5O3. The summed E-state index contributed by atoms with van der Waals surface area (Å²) in [5.74, 6) is 0.00805. The summed E-state index contributed by atoms with van der Waals surface area (Å²) in [5, 5.41) is 5.96. The molecule has 152 valence electrons. The van der Waals surface area contributed by atoms with E-state index < -0.39 is 5.54 Å². The number of urea groups is 1. The topological polar surface area (TPSA) is 85.0 Å². The fourth-order valence-electron chi connectivity index (χ4n) is 4.21. The van der Waals surface area contributed by atoms with E-state index in [0.717, 1.165) is 64.7 Å². The number of carbonyl (C=O) groups is 3. The number of hydrogen-bond donors (Lipinski definition) is 2. The summed E-state index contributed by atoms with van der Waals surface area (Å²) in [7, 11) is 0. The minimum Gasteiger partial charge on any atom is -0.353 e. The Kier molecular flexibility index (Phi) is 6.37. The van der Waals surface area contributed by atoms with Crippen LogP contribution in [0.25, 0.3) is 0 Å². The summed E-state index contributed by atoms with van der Waals surface area (Å²) in [5.41, 5.74) is -0.648. The number of imide groups is 1. The Morgan fingerprint density at radius 2 is 1.74 bits per heavy atom. The Bertz CT molecular complexity index is 568. The zero-order valence-electron chi connectivity index (χ0n) is 16.6. The van der Waals surface area contributed by atoms with Gasteiger partial charge in [0.05, 0.1) is 13.2 Å². The fraction of sp³-hybridized carbons (Fsp3) is 0.842. The number of hydrogen-bond acceptors (Lipinski definition) is 5. The molecule has 1 aliphatic carbocycles. The molecule has 3 fully saturated rings. The molecule has 3 aliphatic rings. The van der Waals surface area contributed by atoms with Gasteiger partial charge < -0.3 is 10.6 Å². The van der Waals surface area contributed by atoms with Gasteiger partial charge in [-0.2, -0.15) is 0 Å². The van der Waals surface area contributed by atoms with Crippen molar-refractivity contribution >= 4 is 17.8 Å². The van der Waals surface area contributed by atoms with Crippen molar-refractivity contribution in [1.82, 2.24) is 25.3 Å². The van der Waals surface area contributed by atoms with E-state index in [1.165, 1.54) is 4.90 Å². The third-order valence-corrected chi connectivity index (χ3v) is 6.15. The van der Waals surface area contributed by atoms with Crippen LogP contribution >= 0.6 is 0 Å². The van der Waals surface area contributed by atoms with Gasteiger partial charge in [-0.05, 0) is 26.2 Å². The van der Waals surface area contributed by atoms with Gasteiger partial charge in [0, 0.05) is 32.2 Å².